The van der Waals surface area contributed by atoms with Crippen molar-refractivity contribution >= 4 is 28.9 Å². The molecule has 7 heteroatoms. The monoisotopic (exact) mass is 319 g/mol. The van der Waals surface area contributed by atoms with E-state index < -0.39 is 11.0 Å². The standard InChI is InChI=1S/C13H15Cl2NO4/c1-3-13(2)10(17)6-11(13)20-12-8(14)4-7(16(18)19)5-9(12)15/h4-5,10-11,17H,3,6H2,1-2H3. The van der Waals surface area contributed by atoms with Crippen LogP contribution in [0, 0.1) is 15.5 Å². The second kappa shape index (κ2) is 5.39. The molecule has 0 aromatic heterocycles. The summed E-state index contributed by atoms with van der Waals surface area (Å²) in [5.41, 5.74) is -0.534. The van der Waals surface area contributed by atoms with E-state index in [0.717, 1.165) is 6.42 Å². The highest BCUT2D eigenvalue weighted by molar-refractivity contribution is 6.37. The molecule has 110 valence electrons. The van der Waals surface area contributed by atoms with Crippen LogP contribution in [0.5, 0.6) is 5.75 Å². The van der Waals surface area contributed by atoms with Crippen LogP contribution in [0.15, 0.2) is 12.1 Å². The summed E-state index contributed by atoms with van der Waals surface area (Å²) in [6, 6.07) is 2.42. The molecule has 1 aromatic rings. The first-order valence-corrected chi connectivity index (χ1v) is 7.03. The second-order valence-corrected chi connectivity index (χ2v) is 6.03. The number of rotatable bonds is 4. The number of aliphatic hydroxyl groups is 1. The van der Waals surface area contributed by atoms with Crippen molar-refractivity contribution in [2.75, 3.05) is 0 Å². The van der Waals surface area contributed by atoms with E-state index in [2.05, 4.69) is 0 Å². The first kappa shape index (κ1) is 15.4. The van der Waals surface area contributed by atoms with E-state index >= 15 is 0 Å². The summed E-state index contributed by atoms with van der Waals surface area (Å²) in [6.45, 7) is 3.90. The third kappa shape index (κ3) is 2.45. The second-order valence-electron chi connectivity index (χ2n) is 5.21. The number of aliphatic hydroxyl groups excluding tert-OH is 1. The van der Waals surface area contributed by atoms with Crippen LogP contribution in [0.4, 0.5) is 5.69 Å². The first-order chi connectivity index (χ1) is 9.29. The van der Waals surface area contributed by atoms with Gasteiger partial charge in [-0.2, -0.15) is 0 Å². The average molecular weight is 320 g/mol. The maximum atomic E-state index is 10.7. The lowest BCUT2D eigenvalue weighted by atomic mass is 9.63. The minimum Gasteiger partial charge on any atom is -0.487 e. The van der Waals surface area contributed by atoms with E-state index in [0.29, 0.717) is 6.42 Å². The van der Waals surface area contributed by atoms with Gasteiger partial charge in [0.05, 0.1) is 21.1 Å². The molecule has 0 radical (unpaired) electrons. The lowest BCUT2D eigenvalue weighted by Crippen LogP contribution is -2.57. The van der Waals surface area contributed by atoms with Gasteiger partial charge in [-0.1, -0.05) is 37.0 Å². The van der Waals surface area contributed by atoms with Crippen LogP contribution in [0.3, 0.4) is 0 Å². The van der Waals surface area contributed by atoms with Crippen LogP contribution in [0.25, 0.3) is 0 Å². The highest BCUT2D eigenvalue weighted by Gasteiger charge is 2.51. The number of halogens is 2. The van der Waals surface area contributed by atoms with Gasteiger partial charge in [-0.05, 0) is 6.42 Å². The highest BCUT2D eigenvalue weighted by Crippen LogP contribution is 2.48. The highest BCUT2D eigenvalue weighted by atomic mass is 35.5. The topological polar surface area (TPSA) is 72.6 Å². The SMILES string of the molecule is CCC1(C)C(O)CC1Oc1c(Cl)cc([N+](=O)[O-])cc1Cl. The molecule has 1 aliphatic carbocycles. The number of hydrogen-bond donors (Lipinski definition) is 1. The maximum absolute atomic E-state index is 10.7. The Morgan fingerprint density at radius 2 is 2.05 bits per heavy atom. The van der Waals surface area contributed by atoms with Crippen LogP contribution in [-0.4, -0.2) is 22.2 Å². The number of hydrogen-bond acceptors (Lipinski definition) is 4. The van der Waals surface area contributed by atoms with E-state index in [1.807, 2.05) is 13.8 Å². The zero-order chi connectivity index (χ0) is 15.1. The van der Waals surface area contributed by atoms with Gasteiger partial charge in [-0.15, -0.1) is 0 Å². The number of benzene rings is 1. The van der Waals surface area contributed by atoms with Gasteiger partial charge in [0, 0.05) is 24.0 Å². The molecular weight excluding hydrogens is 305 g/mol. The Kier molecular flexibility index (Phi) is 4.14. The lowest BCUT2D eigenvalue weighted by Gasteiger charge is -2.50. The number of ether oxygens (including phenoxy) is 1. The summed E-state index contributed by atoms with van der Waals surface area (Å²) in [5, 5.41) is 20.8. The molecule has 0 aliphatic heterocycles. The largest absolute Gasteiger partial charge is 0.487 e. The fourth-order valence-electron chi connectivity index (χ4n) is 2.35. The van der Waals surface area contributed by atoms with Crippen LogP contribution in [0.2, 0.25) is 10.0 Å². The fourth-order valence-corrected chi connectivity index (χ4v) is 2.91. The van der Waals surface area contributed by atoms with Gasteiger partial charge in [0.1, 0.15) is 6.10 Å². The summed E-state index contributed by atoms with van der Waals surface area (Å²) < 4.78 is 5.78. The summed E-state index contributed by atoms with van der Waals surface area (Å²) >= 11 is 12.0. The van der Waals surface area contributed by atoms with Crippen LogP contribution in [-0.2, 0) is 0 Å². The molecule has 0 bridgehead atoms. The molecule has 0 heterocycles. The number of nitro benzene ring substituents is 1. The molecule has 20 heavy (non-hydrogen) atoms. The van der Waals surface area contributed by atoms with E-state index in [9.17, 15) is 15.2 Å². The third-order valence-corrected chi connectivity index (χ3v) is 4.71. The number of nitro groups is 1. The van der Waals surface area contributed by atoms with Gasteiger partial charge in [-0.3, -0.25) is 10.1 Å². The predicted octanol–water partition coefficient (Wildman–Crippen LogP) is 3.83. The van der Waals surface area contributed by atoms with Gasteiger partial charge in [-0.25, -0.2) is 0 Å². The fraction of sp³-hybridized carbons (Fsp3) is 0.538. The minimum atomic E-state index is -0.565. The molecule has 0 spiro atoms. The summed E-state index contributed by atoms with van der Waals surface area (Å²) in [7, 11) is 0. The Labute approximate surface area is 126 Å². The van der Waals surface area contributed by atoms with E-state index in [-0.39, 0.29) is 33.0 Å². The summed E-state index contributed by atoms with van der Waals surface area (Å²) in [4.78, 5) is 10.1. The molecule has 3 unspecified atom stereocenters. The van der Waals surface area contributed by atoms with Crippen molar-refractivity contribution in [2.24, 2.45) is 5.41 Å². The zero-order valence-corrected chi connectivity index (χ0v) is 12.6. The molecule has 5 nitrogen and oxygen atoms in total. The van der Waals surface area contributed by atoms with Crippen molar-refractivity contribution < 1.29 is 14.8 Å². The quantitative estimate of drug-likeness (QED) is 0.676. The molecule has 1 N–H and O–H groups in total. The molecule has 1 saturated carbocycles. The van der Waals surface area contributed by atoms with Gasteiger partial charge in [0.15, 0.2) is 5.75 Å². The molecule has 2 rings (SSSR count). The van der Waals surface area contributed by atoms with Gasteiger partial charge in [0.2, 0.25) is 0 Å². The summed E-state index contributed by atoms with van der Waals surface area (Å²) in [5.74, 6) is 0.232. The van der Waals surface area contributed by atoms with Crippen LogP contribution in [0.1, 0.15) is 26.7 Å². The van der Waals surface area contributed by atoms with Gasteiger partial charge < -0.3 is 9.84 Å². The van der Waals surface area contributed by atoms with E-state index in [4.69, 9.17) is 27.9 Å². The molecular formula is C13H15Cl2NO4. The van der Waals surface area contributed by atoms with E-state index in [1.54, 1.807) is 0 Å². The van der Waals surface area contributed by atoms with Crippen LogP contribution < -0.4 is 4.74 Å². The Morgan fingerprint density at radius 3 is 2.45 bits per heavy atom. The average Bonchev–Trinajstić information content (AvgIpc) is 2.39. The molecule has 0 saturated heterocycles. The van der Waals surface area contributed by atoms with Crippen LogP contribution >= 0.6 is 23.2 Å². The van der Waals surface area contributed by atoms with Crippen molar-refractivity contribution in [3.05, 3.63) is 32.3 Å². The maximum Gasteiger partial charge on any atom is 0.272 e. The Bertz CT molecular complexity index is 528. The number of nitrogens with zero attached hydrogens (tertiary/aromatic N) is 1. The van der Waals surface area contributed by atoms with Crippen molar-refractivity contribution in [2.45, 2.75) is 38.9 Å². The Morgan fingerprint density at radius 1 is 1.50 bits per heavy atom. The lowest BCUT2D eigenvalue weighted by molar-refractivity contribution is -0.384. The molecule has 0 amide bonds. The van der Waals surface area contributed by atoms with Crippen molar-refractivity contribution in [1.82, 2.24) is 0 Å². The molecule has 1 aromatic carbocycles. The smallest absolute Gasteiger partial charge is 0.272 e. The Hall–Kier alpha value is -1.04. The third-order valence-electron chi connectivity index (χ3n) is 4.15. The Balaban J connectivity index is 2.25. The van der Waals surface area contributed by atoms with Crippen molar-refractivity contribution in [3.63, 3.8) is 0 Å². The van der Waals surface area contributed by atoms with Crippen molar-refractivity contribution in [1.29, 1.82) is 0 Å². The molecule has 1 aliphatic rings. The van der Waals surface area contributed by atoms with Crippen molar-refractivity contribution in [3.8, 4) is 5.75 Å². The molecule has 3 atom stereocenters. The number of non-ortho nitro benzene ring substituents is 1. The normalized spacial score (nSPS) is 28.9. The van der Waals surface area contributed by atoms with Gasteiger partial charge in [0.25, 0.3) is 5.69 Å². The van der Waals surface area contributed by atoms with Gasteiger partial charge >= 0.3 is 0 Å². The summed E-state index contributed by atoms with van der Waals surface area (Å²) in [6.07, 6.45) is 0.613. The first-order valence-electron chi connectivity index (χ1n) is 6.27. The molecule has 1 fully saturated rings. The van der Waals surface area contributed by atoms with E-state index in [1.165, 1.54) is 12.1 Å². The minimum absolute atomic E-state index is 0.101. The zero-order valence-electron chi connectivity index (χ0n) is 11.1. The predicted molar refractivity (Wildman–Crippen MR) is 76.6 cm³/mol.